The Balaban J connectivity index is 2.55. The Kier molecular flexibility index (Phi) is 6.37. The molecule has 0 saturated carbocycles. The Morgan fingerprint density at radius 2 is 1.90 bits per heavy atom. The van der Waals surface area contributed by atoms with Crippen LogP contribution in [-0.2, 0) is 16.1 Å². The molecular weight excluding hydrogens is 268 g/mol. The van der Waals surface area contributed by atoms with Crippen molar-refractivity contribution in [2.75, 3.05) is 13.6 Å². The summed E-state index contributed by atoms with van der Waals surface area (Å²) >= 11 is 0. The van der Waals surface area contributed by atoms with Crippen LogP contribution >= 0.6 is 0 Å². The van der Waals surface area contributed by atoms with E-state index >= 15 is 0 Å². The number of hydrogen-bond donors (Lipinski definition) is 2. The van der Waals surface area contributed by atoms with Crippen LogP contribution in [-0.4, -0.2) is 41.5 Å². The molecule has 0 heterocycles. The van der Waals surface area contributed by atoms with Crippen molar-refractivity contribution in [1.29, 1.82) is 0 Å². The Labute approximate surface area is 126 Å². The fraction of sp³-hybridized carbons (Fsp3) is 0.500. The summed E-state index contributed by atoms with van der Waals surface area (Å²) in [7, 11) is 1.72. The Bertz CT molecular complexity index is 500. The Hall–Kier alpha value is -1.88. The number of nitrogens with one attached hydrogen (secondary N) is 1. The van der Waals surface area contributed by atoms with Gasteiger partial charge in [-0.1, -0.05) is 38.1 Å². The lowest BCUT2D eigenvalue weighted by Gasteiger charge is -2.22. The number of hydrogen-bond acceptors (Lipinski definition) is 3. The van der Waals surface area contributed by atoms with Gasteiger partial charge in [0.2, 0.25) is 5.91 Å². The van der Waals surface area contributed by atoms with E-state index < -0.39 is 12.0 Å². The maximum atomic E-state index is 12.1. The standard InChI is InChI=1S/C16H24N2O3/c1-11(2)15(16(20)21)17-9-14(19)18(4)10-13-8-6-5-7-12(13)3/h5-8,11,15,17H,9-10H2,1-4H3,(H,20,21). The zero-order chi connectivity index (χ0) is 16.0. The number of nitrogens with zero attached hydrogens (tertiary/aromatic N) is 1. The van der Waals surface area contributed by atoms with Gasteiger partial charge in [0.25, 0.3) is 0 Å². The summed E-state index contributed by atoms with van der Waals surface area (Å²) in [6.45, 7) is 6.18. The van der Waals surface area contributed by atoms with Crippen LogP contribution in [0.4, 0.5) is 0 Å². The van der Waals surface area contributed by atoms with E-state index in [-0.39, 0.29) is 18.4 Å². The van der Waals surface area contributed by atoms with E-state index in [2.05, 4.69) is 5.32 Å². The molecule has 1 amide bonds. The SMILES string of the molecule is Cc1ccccc1CN(C)C(=O)CNC(C(=O)O)C(C)C. The fourth-order valence-electron chi connectivity index (χ4n) is 2.07. The average molecular weight is 292 g/mol. The zero-order valence-electron chi connectivity index (χ0n) is 13.1. The summed E-state index contributed by atoms with van der Waals surface area (Å²) in [5.74, 6) is -1.12. The Morgan fingerprint density at radius 1 is 1.29 bits per heavy atom. The van der Waals surface area contributed by atoms with Gasteiger partial charge in [-0.25, -0.2) is 0 Å². The molecule has 0 bridgehead atoms. The monoisotopic (exact) mass is 292 g/mol. The molecule has 0 aliphatic heterocycles. The molecule has 116 valence electrons. The number of amides is 1. The zero-order valence-corrected chi connectivity index (χ0v) is 13.1. The van der Waals surface area contributed by atoms with Crippen LogP contribution in [0.3, 0.4) is 0 Å². The predicted molar refractivity (Wildman–Crippen MR) is 81.9 cm³/mol. The molecule has 5 heteroatoms. The van der Waals surface area contributed by atoms with Gasteiger partial charge in [0.05, 0.1) is 6.54 Å². The van der Waals surface area contributed by atoms with Crippen LogP contribution in [0.5, 0.6) is 0 Å². The summed E-state index contributed by atoms with van der Waals surface area (Å²) in [5, 5.41) is 11.9. The maximum Gasteiger partial charge on any atom is 0.320 e. The highest BCUT2D eigenvalue weighted by Gasteiger charge is 2.22. The third kappa shape index (κ3) is 5.19. The third-order valence-corrected chi connectivity index (χ3v) is 3.50. The molecule has 0 saturated heterocycles. The van der Waals surface area contributed by atoms with E-state index in [1.54, 1.807) is 11.9 Å². The molecule has 2 N–H and O–H groups in total. The normalized spacial score (nSPS) is 12.2. The first kappa shape index (κ1) is 17.2. The van der Waals surface area contributed by atoms with Gasteiger partial charge in [-0.05, 0) is 24.0 Å². The first-order valence-corrected chi connectivity index (χ1v) is 7.07. The average Bonchev–Trinajstić information content (AvgIpc) is 2.40. The number of carbonyl (C=O) groups excluding carboxylic acids is 1. The number of benzene rings is 1. The molecule has 0 aromatic heterocycles. The first-order chi connectivity index (χ1) is 9.82. The second kappa shape index (κ2) is 7.78. The minimum atomic E-state index is -0.931. The minimum absolute atomic E-state index is 0.0253. The number of carboxylic acid groups (broad SMARTS) is 1. The van der Waals surface area contributed by atoms with Crippen molar-refractivity contribution < 1.29 is 14.7 Å². The van der Waals surface area contributed by atoms with Crippen molar-refractivity contribution in [3.63, 3.8) is 0 Å². The molecular formula is C16H24N2O3. The summed E-state index contributed by atoms with van der Waals surface area (Å²) < 4.78 is 0. The van der Waals surface area contributed by atoms with Gasteiger partial charge in [-0.2, -0.15) is 0 Å². The van der Waals surface area contributed by atoms with Crippen molar-refractivity contribution in [3.8, 4) is 0 Å². The van der Waals surface area contributed by atoms with Crippen molar-refractivity contribution >= 4 is 11.9 Å². The largest absolute Gasteiger partial charge is 0.480 e. The van der Waals surface area contributed by atoms with E-state index in [9.17, 15) is 9.59 Å². The predicted octanol–water partition coefficient (Wildman–Crippen LogP) is 1.65. The molecule has 1 unspecified atom stereocenters. The van der Waals surface area contributed by atoms with Gasteiger partial charge >= 0.3 is 5.97 Å². The molecule has 1 rings (SSSR count). The van der Waals surface area contributed by atoms with E-state index in [1.807, 2.05) is 45.0 Å². The minimum Gasteiger partial charge on any atom is -0.480 e. The van der Waals surface area contributed by atoms with E-state index in [0.29, 0.717) is 6.54 Å². The maximum absolute atomic E-state index is 12.1. The van der Waals surface area contributed by atoms with Gasteiger partial charge in [0.15, 0.2) is 0 Å². The molecule has 21 heavy (non-hydrogen) atoms. The van der Waals surface area contributed by atoms with E-state index in [4.69, 9.17) is 5.11 Å². The smallest absolute Gasteiger partial charge is 0.320 e. The number of carboxylic acids is 1. The van der Waals surface area contributed by atoms with Crippen molar-refractivity contribution in [2.24, 2.45) is 5.92 Å². The lowest BCUT2D eigenvalue weighted by Crippen LogP contribution is -2.46. The third-order valence-electron chi connectivity index (χ3n) is 3.50. The number of carbonyl (C=O) groups is 2. The second-order valence-electron chi connectivity index (χ2n) is 5.62. The molecule has 0 aliphatic carbocycles. The van der Waals surface area contributed by atoms with Crippen molar-refractivity contribution in [1.82, 2.24) is 10.2 Å². The molecule has 5 nitrogen and oxygen atoms in total. The summed E-state index contributed by atoms with van der Waals surface area (Å²) in [6.07, 6.45) is 0. The van der Waals surface area contributed by atoms with Crippen LogP contribution in [0.25, 0.3) is 0 Å². The van der Waals surface area contributed by atoms with Gasteiger partial charge in [-0.3, -0.25) is 14.9 Å². The molecule has 0 radical (unpaired) electrons. The molecule has 1 aromatic carbocycles. The molecule has 1 aromatic rings. The lowest BCUT2D eigenvalue weighted by molar-refractivity contribution is -0.141. The van der Waals surface area contributed by atoms with Crippen LogP contribution in [0.1, 0.15) is 25.0 Å². The summed E-state index contributed by atoms with van der Waals surface area (Å²) in [6, 6.07) is 7.19. The van der Waals surface area contributed by atoms with Crippen LogP contribution < -0.4 is 5.32 Å². The molecule has 0 aliphatic rings. The molecule has 0 spiro atoms. The van der Waals surface area contributed by atoms with E-state index in [0.717, 1.165) is 11.1 Å². The Morgan fingerprint density at radius 3 is 2.43 bits per heavy atom. The molecule has 1 atom stereocenters. The molecule has 0 fully saturated rings. The quantitative estimate of drug-likeness (QED) is 0.802. The number of rotatable bonds is 7. The number of aryl methyl sites for hydroxylation is 1. The fourth-order valence-corrected chi connectivity index (χ4v) is 2.07. The highest BCUT2D eigenvalue weighted by atomic mass is 16.4. The van der Waals surface area contributed by atoms with Crippen LogP contribution in [0.15, 0.2) is 24.3 Å². The topological polar surface area (TPSA) is 69.6 Å². The van der Waals surface area contributed by atoms with Gasteiger partial charge in [0.1, 0.15) is 6.04 Å². The number of aliphatic carboxylic acids is 1. The number of likely N-dealkylation sites (N-methyl/N-ethyl adjacent to an activating group) is 1. The summed E-state index contributed by atoms with van der Waals surface area (Å²) in [4.78, 5) is 24.8. The van der Waals surface area contributed by atoms with Crippen molar-refractivity contribution in [2.45, 2.75) is 33.4 Å². The second-order valence-corrected chi connectivity index (χ2v) is 5.62. The van der Waals surface area contributed by atoms with Gasteiger partial charge in [0, 0.05) is 13.6 Å². The first-order valence-electron chi connectivity index (χ1n) is 7.07. The summed E-state index contributed by atoms with van der Waals surface area (Å²) in [5.41, 5.74) is 2.22. The van der Waals surface area contributed by atoms with Gasteiger partial charge < -0.3 is 10.0 Å². The van der Waals surface area contributed by atoms with Crippen molar-refractivity contribution in [3.05, 3.63) is 35.4 Å². The highest BCUT2D eigenvalue weighted by molar-refractivity contribution is 5.80. The highest BCUT2D eigenvalue weighted by Crippen LogP contribution is 2.09. The van der Waals surface area contributed by atoms with Crippen LogP contribution in [0.2, 0.25) is 0 Å². The van der Waals surface area contributed by atoms with Crippen LogP contribution in [0, 0.1) is 12.8 Å². The van der Waals surface area contributed by atoms with Gasteiger partial charge in [-0.15, -0.1) is 0 Å². The van der Waals surface area contributed by atoms with E-state index in [1.165, 1.54) is 0 Å². The lowest BCUT2D eigenvalue weighted by atomic mass is 10.0.